The predicted molar refractivity (Wildman–Crippen MR) is 255 cm³/mol. The number of aliphatic hydroxyl groups is 1. The van der Waals surface area contributed by atoms with Gasteiger partial charge in [0.05, 0.1) is 35.1 Å². The fourth-order valence-electron chi connectivity index (χ4n) is 9.91. The molecule has 4 aliphatic rings. The Morgan fingerprint density at radius 2 is 1.60 bits per heavy atom. The number of hydrogen-bond acceptors (Lipinski definition) is 12. The molecule has 0 spiro atoms. The number of pyridine rings is 2. The summed E-state index contributed by atoms with van der Waals surface area (Å²) in [4.78, 5) is 99.0. The molecular weight excluding hydrogens is 922 g/mol. The number of fused-ring (bicyclic) bond motifs is 8. The van der Waals surface area contributed by atoms with Crippen LogP contribution in [0.5, 0.6) is 0 Å². The Labute approximate surface area is 407 Å². The van der Waals surface area contributed by atoms with Gasteiger partial charge in [0.2, 0.25) is 23.6 Å². The molecule has 9 rings (SSSR count). The molecule has 0 fully saturated rings. The normalized spacial score (nSPS) is 18.5. The summed E-state index contributed by atoms with van der Waals surface area (Å²) in [5.74, 6) is -3.20. The number of aryl methyl sites for hydroxylation is 1. The Hall–Kier alpha value is -7.15. The molecule has 2 aliphatic carbocycles. The van der Waals surface area contributed by atoms with Gasteiger partial charge < -0.3 is 45.2 Å². The van der Waals surface area contributed by atoms with Crippen molar-refractivity contribution in [3.63, 3.8) is 0 Å². The topological polar surface area (TPSA) is 237 Å². The Kier molecular flexibility index (Phi) is 12.8. The first kappa shape index (κ1) is 47.9. The van der Waals surface area contributed by atoms with Crippen LogP contribution in [0.3, 0.4) is 0 Å². The maximum Gasteiger partial charge on any atom is 0.411 e. The predicted octanol–water partition coefficient (Wildman–Crippen LogP) is 4.47. The number of rotatable bonds is 13. The number of nitrogens with zero attached hydrogens (tertiary/aromatic N) is 3. The molecule has 364 valence electrons. The molecule has 19 heteroatoms. The Bertz CT molecular complexity index is 3070. The van der Waals surface area contributed by atoms with Gasteiger partial charge in [-0.3, -0.25) is 28.9 Å². The van der Waals surface area contributed by atoms with Gasteiger partial charge in [0.15, 0.2) is 11.7 Å². The van der Waals surface area contributed by atoms with Crippen molar-refractivity contribution in [2.45, 2.75) is 103 Å². The van der Waals surface area contributed by atoms with Crippen LogP contribution >= 0.6 is 11.6 Å². The molecule has 70 heavy (non-hydrogen) atoms. The number of esters is 1. The number of halogens is 1. The van der Waals surface area contributed by atoms with Crippen molar-refractivity contribution in [1.82, 2.24) is 35.7 Å². The quantitative estimate of drug-likeness (QED) is 0.0613. The van der Waals surface area contributed by atoms with E-state index in [1.807, 2.05) is 55.5 Å². The molecule has 18 nitrogen and oxygen atoms in total. The van der Waals surface area contributed by atoms with E-state index in [2.05, 4.69) is 21.3 Å². The molecule has 5 amide bonds. The molecule has 2 aromatic heterocycles. The van der Waals surface area contributed by atoms with E-state index in [9.17, 15) is 38.7 Å². The molecule has 0 saturated carbocycles. The largest absolute Gasteiger partial charge is 0.458 e. The SMILES string of the molecule is CC[C@@]1(O)C(=O)OCc2c1cc1n(c2=O)Cc2c-1nc1cc(Cl)c(C)c3c1c2[C@@H](NC(=O)COCNC(=O)[C@H](C)NC(=O)[C@H](C)NC(=O)[C@H](C)N(C)C(=O)OC1c2ccccc2-c2ccccc21)CC3. The average molecular weight is 974 g/mol. The first-order valence-corrected chi connectivity index (χ1v) is 23.5. The zero-order chi connectivity index (χ0) is 49.9. The van der Waals surface area contributed by atoms with Crippen LogP contribution in [0.1, 0.15) is 97.2 Å². The summed E-state index contributed by atoms with van der Waals surface area (Å²) in [5.41, 5.74) is 6.39. The molecule has 0 unspecified atom stereocenters. The van der Waals surface area contributed by atoms with Crippen LogP contribution in [0.2, 0.25) is 5.02 Å². The number of amides is 5. The number of carbonyl (C=O) groups excluding carboxylic acids is 6. The van der Waals surface area contributed by atoms with Crippen molar-refractivity contribution in [2.24, 2.45) is 0 Å². The van der Waals surface area contributed by atoms with Crippen LogP contribution in [-0.2, 0) is 63.4 Å². The third-order valence-corrected chi connectivity index (χ3v) is 14.4. The summed E-state index contributed by atoms with van der Waals surface area (Å²) in [7, 11) is 1.43. The lowest BCUT2D eigenvalue weighted by Crippen LogP contribution is -2.55. The molecule has 3 aromatic carbocycles. The van der Waals surface area contributed by atoms with Crippen molar-refractivity contribution in [2.75, 3.05) is 20.4 Å². The van der Waals surface area contributed by atoms with E-state index in [1.165, 1.54) is 27.8 Å². The number of likely N-dealkylation sites (N-methyl/N-ethyl adjacent to an activating group) is 1. The summed E-state index contributed by atoms with van der Waals surface area (Å²) >= 11 is 6.70. The van der Waals surface area contributed by atoms with Gasteiger partial charge in [-0.15, -0.1) is 0 Å². The van der Waals surface area contributed by atoms with Crippen LogP contribution in [0.25, 0.3) is 33.4 Å². The van der Waals surface area contributed by atoms with Crippen LogP contribution in [0.15, 0.2) is 65.5 Å². The van der Waals surface area contributed by atoms with Gasteiger partial charge in [-0.1, -0.05) is 67.1 Å². The highest BCUT2D eigenvalue weighted by Crippen LogP contribution is 2.47. The fourth-order valence-corrected chi connectivity index (χ4v) is 10.1. The Balaban J connectivity index is 0.783. The maximum atomic E-state index is 14.0. The summed E-state index contributed by atoms with van der Waals surface area (Å²) in [6.45, 7) is 7.02. The van der Waals surface area contributed by atoms with Crippen LogP contribution < -0.4 is 26.8 Å². The minimum atomic E-state index is -2.00. The summed E-state index contributed by atoms with van der Waals surface area (Å²) in [6, 6.07) is 15.0. The molecule has 0 bridgehead atoms. The molecular formula is C51H52ClN7O11. The smallest absolute Gasteiger partial charge is 0.411 e. The van der Waals surface area contributed by atoms with Crippen LogP contribution in [-0.4, -0.2) is 93.8 Å². The number of nitrogens with one attached hydrogen (secondary N) is 4. The first-order chi connectivity index (χ1) is 33.4. The second-order valence-corrected chi connectivity index (χ2v) is 18.6. The van der Waals surface area contributed by atoms with Gasteiger partial charge in [0.1, 0.15) is 38.1 Å². The third-order valence-electron chi connectivity index (χ3n) is 14.0. The molecule has 4 heterocycles. The summed E-state index contributed by atoms with van der Waals surface area (Å²) < 4.78 is 18.2. The molecule has 0 saturated heterocycles. The van der Waals surface area contributed by atoms with Gasteiger partial charge in [0, 0.05) is 39.7 Å². The van der Waals surface area contributed by atoms with Crippen molar-refractivity contribution >= 4 is 58.2 Å². The molecule has 5 aromatic rings. The van der Waals surface area contributed by atoms with Gasteiger partial charge in [-0.25, -0.2) is 14.6 Å². The second-order valence-electron chi connectivity index (χ2n) is 18.2. The van der Waals surface area contributed by atoms with Crippen LogP contribution in [0.4, 0.5) is 4.79 Å². The molecule has 0 radical (unpaired) electrons. The Morgan fingerprint density at radius 3 is 2.29 bits per heavy atom. The second kappa shape index (κ2) is 18.6. The van der Waals surface area contributed by atoms with Crippen LogP contribution in [0, 0.1) is 6.92 Å². The van der Waals surface area contributed by atoms with Gasteiger partial charge in [-0.2, -0.15) is 0 Å². The van der Waals surface area contributed by atoms with E-state index in [0.29, 0.717) is 40.3 Å². The number of cyclic esters (lactones) is 1. The maximum absolute atomic E-state index is 14.0. The van der Waals surface area contributed by atoms with Crippen molar-refractivity contribution in [1.29, 1.82) is 0 Å². The van der Waals surface area contributed by atoms with Gasteiger partial charge in [0.25, 0.3) is 5.56 Å². The third kappa shape index (κ3) is 8.22. The van der Waals surface area contributed by atoms with Crippen molar-refractivity contribution in [3.8, 4) is 22.5 Å². The highest BCUT2D eigenvalue weighted by molar-refractivity contribution is 6.32. The van der Waals surface area contributed by atoms with Crippen molar-refractivity contribution < 1.29 is 48.1 Å². The van der Waals surface area contributed by atoms with E-state index in [1.54, 1.807) is 23.6 Å². The zero-order valence-corrected chi connectivity index (χ0v) is 40.1. The standard InChI is InChI=1S/C51H52ClN7O11/c1-7-51(67)35-18-39-43-33(20-59(39)48(64)34(35)21-69-49(51)65)42-37(17-16-28-24(2)36(52)19-38(57-43)41(28)42)56-40(60)22-68-23-53-45(61)25(3)54-46(62)26(4)55-47(63)27(5)58(6)50(66)70-44-31-14-10-8-12-29(31)30-13-9-11-15-32(30)44/h8-15,18-19,25-27,37,44,67H,7,16-17,20-23H2,1-6H3,(H,53,61)(H,54,62)(H,55,63)(H,56,60)/t25-,26-,27-,37-,51-/m0/s1. The number of carbonyl (C=O) groups is 6. The van der Waals surface area contributed by atoms with E-state index in [0.717, 1.165) is 49.2 Å². The Morgan fingerprint density at radius 1 is 0.943 bits per heavy atom. The molecule has 5 N–H and O–H groups in total. The number of hydrogen-bond donors (Lipinski definition) is 5. The monoisotopic (exact) mass is 973 g/mol. The van der Waals surface area contributed by atoms with Gasteiger partial charge >= 0.3 is 12.1 Å². The van der Waals surface area contributed by atoms with Gasteiger partial charge in [-0.05, 0) is 86.9 Å². The fraction of sp³-hybridized carbons (Fsp3) is 0.373. The summed E-state index contributed by atoms with van der Waals surface area (Å²) in [5, 5.41) is 23.5. The lowest BCUT2D eigenvalue weighted by Gasteiger charge is -2.31. The number of aromatic nitrogens is 2. The zero-order valence-electron chi connectivity index (χ0n) is 39.4. The number of benzene rings is 3. The lowest BCUT2D eigenvalue weighted by molar-refractivity contribution is -0.172. The highest BCUT2D eigenvalue weighted by atomic mass is 35.5. The minimum Gasteiger partial charge on any atom is -0.458 e. The van der Waals surface area contributed by atoms with E-state index in [4.69, 9.17) is 30.8 Å². The highest BCUT2D eigenvalue weighted by Gasteiger charge is 2.46. The van der Waals surface area contributed by atoms with E-state index < -0.39 is 83.7 Å². The first-order valence-electron chi connectivity index (χ1n) is 23.1. The summed E-state index contributed by atoms with van der Waals surface area (Å²) in [6.07, 6.45) is -0.322. The average Bonchev–Trinajstić information content (AvgIpc) is 3.88. The van der Waals surface area contributed by atoms with E-state index >= 15 is 0 Å². The van der Waals surface area contributed by atoms with Crippen molar-refractivity contribution in [3.05, 3.63) is 121 Å². The molecule has 2 aliphatic heterocycles. The molecule has 5 atom stereocenters. The lowest BCUT2D eigenvalue weighted by atomic mass is 9.81. The minimum absolute atomic E-state index is 0.00589. The number of ether oxygens (including phenoxy) is 3. The van der Waals surface area contributed by atoms with E-state index in [-0.39, 0.29) is 37.4 Å².